The summed E-state index contributed by atoms with van der Waals surface area (Å²) in [7, 11) is 0. The second kappa shape index (κ2) is 8.65. The summed E-state index contributed by atoms with van der Waals surface area (Å²) in [5, 5.41) is 13.2. The molecule has 0 spiro atoms. The highest BCUT2D eigenvalue weighted by Crippen LogP contribution is 2.23. The zero-order valence-corrected chi connectivity index (χ0v) is 14.7. The number of nitrogens with zero attached hydrogens (tertiary/aromatic N) is 1. The minimum Gasteiger partial charge on any atom is -0.393 e. The molecule has 4 nitrogen and oxygen atoms in total. The van der Waals surface area contributed by atoms with E-state index in [1.165, 1.54) is 16.8 Å². The summed E-state index contributed by atoms with van der Waals surface area (Å²) in [6.07, 6.45) is 6.05. The monoisotopic (exact) mass is 330 g/mol. The number of piperidine rings is 1. The Bertz CT molecular complexity index is 533. The lowest BCUT2D eigenvalue weighted by atomic mass is 10.0. The molecule has 1 aromatic carbocycles. The van der Waals surface area contributed by atoms with Gasteiger partial charge in [0.2, 0.25) is 0 Å². The molecule has 132 valence electrons. The molecule has 24 heavy (non-hydrogen) atoms. The van der Waals surface area contributed by atoms with Gasteiger partial charge in [0.05, 0.1) is 19.3 Å². The SMILES string of the molecule is CC(NCCC1=CCOCC1)c1ccc(N2CCC(O)CC2)cc1. The van der Waals surface area contributed by atoms with Crippen LogP contribution in [0.25, 0.3) is 0 Å². The largest absolute Gasteiger partial charge is 0.393 e. The molecule has 1 atom stereocenters. The Balaban J connectivity index is 1.46. The highest BCUT2D eigenvalue weighted by atomic mass is 16.5. The van der Waals surface area contributed by atoms with Gasteiger partial charge in [0.15, 0.2) is 0 Å². The number of benzene rings is 1. The zero-order valence-electron chi connectivity index (χ0n) is 14.7. The molecule has 2 heterocycles. The molecule has 1 fully saturated rings. The maximum Gasteiger partial charge on any atom is 0.0650 e. The van der Waals surface area contributed by atoms with Gasteiger partial charge in [0, 0.05) is 24.8 Å². The van der Waals surface area contributed by atoms with E-state index in [-0.39, 0.29) is 6.10 Å². The van der Waals surface area contributed by atoms with E-state index in [1.54, 1.807) is 0 Å². The molecule has 1 saturated heterocycles. The Kier molecular flexibility index (Phi) is 6.30. The molecule has 0 saturated carbocycles. The molecule has 0 bridgehead atoms. The van der Waals surface area contributed by atoms with Crippen LogP contribution in [0.3, 0.4) is 0 Å². The second-order valence-corrected chi connectivity index (χ2v) is 6.92. The van der Waals surface area contributed by atoms with Gasteiger partial charge in [0.1, 0.15) is 0 Å². The van der Waals surface area contributed by atoms with E-state index in [4.69, 9.17) is 4.74 Å². The molecule has 2 aliphatic heterocycles. The zero-order chi connectivity index (χ0) is 16.8. The van der Waals surface area contributed by atoms with Crippen molar-refractivity contribution in [2.24, 2.45) is 0 Å². The van der Waals surface area contributed by atoms with Gasteiger partial charge in [-0.05, 0) is 56.8 Å². The van der Waals surface area contributed by atoms with Gasteiger partial charge in [-0.1, -0.05) is 23.8 Å². The minimum absolute atomic E-state index is 0.115. The van der Waals surface area contributed by atoms with Crippen molar-refractivity contribution >= 4 is 5.69 Å². The quantitative estimate of drug-likeness (QED) is 0.787. The lowest BCUT2D eigenvalue weighted by Gasteiger charge is -2.31. The predicted octanol–water partition coefficient (Wildman–Crippen LogP) is 3.04. The molecule has 0 aliphatic carbocycles. The van der Waals surface area contributed by atoms with E-state index in [2.05, 4.69) is 47.5 Å². The third kappa shape index (κ3) is 4.82. The summed E-state index contributed by atoms with van der Waals surface area (Å²) in [4.78, 5) is 2.37. The Hall–Kier alpha value is -1.36. The highest BCUT2D eigenvalue weighted by Gasteiger charge is 2.17. The Morgan fingerprint density at radius 3 is 2.67 bits per heavy atom. The number of hydrogen-bond acceptors (Lipinski definition) is 4. The van der Waals surface area contributed by atoms with Gasteiger partial charge in [-0.2, -0.15) is 0 Å². The van der Waals surface area contributed by atoms with Crippen LogP contribution < -0.4 is 10.2 Å². The number of nitrogens with one attached hydrogen (secondary N) is 1. The lowest BCUT2D eigenvalue weighted by Crippen LogP contribution is -2.35. The predicted molar refractivity (Wildman–Crippen MR) is 98.4 cm³/mol. The summed E-state index contributed by atoms with van der Waals surface area (Å²) in [6, 6.07) is 9.25. The number of rotatable bonds is 6. The van der Waals surface area contributed by atoms with Crippen molar-refractivity contribution in [1.82, 2.24) is 5.32 Å². The molecular weight excluding hydrogens is 300 g/mol. The smallest absolute Gasteiger partial charge is 0.0650 e. The van der Waals surface area contributed by atoms with Crippen molar-refractivity contribution in [2.75, 3.05) is 37.7 Å². The van der Waals surface area contributed by atoms with Crippen molar-refractivity contribution in [3.63, 3.8) is 0 Å². The van der Waals surface area contributed by atoms with Crippen molar-refractivity contribution in [3.05, 3.63) is 41.5 Å². The van der Waals surface area contributed by atoms with E-state index in [9.17, 15) is 5.11 Å². The number of hydrogen-bond donors (Lipinski definition) is 2. The van der Waals surface area contributed by atoms with Crippen molar-refractivity contribution in [1.29, 1.82) is 0 Å². The molecule has 0 aromatic heterocycles. The second-order valence-electron chi connectivity index (χ2n) is 6.92. The van der Waals surface area contributed by atoms with Crippen LogP contribution in [0.15, 0.2) is 35.9 Å². The molecule has 1 aromatic rings. The average molecular weight is 330 g/mol. The first-order valence-corrected chi connectivity index (χ1v) is 9.24. The van der Waals surface area contributed by atoms with Crippen LogP contribution in [0.5, 0.6) is 0 Å². The summed E-state index contributed by atoms with van der Waals surface area (Å²) in [5.74, 6) is 0. The first-order chi connectivity index (χ1) is 11.7. The van der Waals surface area contributed by atoms with E-state index >= 15 is 0 Å². The molecule has 0 amide bonds. The van der Waals surface area contributed by atoms with Crippen LogP contribution in [0, 0.1) is 0 Å². The number of anilines is 1. The van der Waals surface area contributed by atoms with E-state index in [0.29, 0.717) is 6.04 Å². The Morgan fingerprint density at radius 1 is 1.25 bits per heavy atom. The van der Waals surface area contributed by atoms with Crippen molar-refractivity contribution < 1.29 is 9.84 Å². The van der Waals surface area contributed by atoms with Gasteiger partial charge in [-0.3, -0.25) is 0 Å². The summed E-state index contributed by atoms with van der Waals surface area (Å²) < 4.78 is 5.35. The molecule has 4 heteroatoms. The molecule has 1 unspecified atom stereocenters. The Morgan fingerprint density at radius 2 is 2.00 bits per heavy atom. The third-order valence-electron chi connectivity index (χ3n) is 5.18. The normalized spacial score (nSPS) is 20.8. The molecular formula is C20H30N2O2. The first kappa shape index (κ1) is 17.5. The highest BCUT2D eigenvalue weighted by molar-refractivity contribution is 5.48. The maximum atomic E-state index is 9.62. The van der Waals surface area contributed by atoms with Crippen LogP contribution in [0.2, 0.25) is 0 Å². The maximum absolute atomic E-state index is 9.62. The van der Waals surface area contributed by atoms with E-state index in [0.717, 1.165) is 58.5 Å². The fourth-order valence-corrected chi connectivity index (χ4v) is 3.46. The number of aliphatic hydroxyl groups excluding tert-OH is 1. The first-order valence-electron chi connectivity index (χ1n) is 9.24. The summed E-state index contributed by atoms with van der Waals surface area (Å²) in [5.41, 5.74) is 4.12. The molecule has 0 radical (unpaired) electrons. The average Bonchev–Trinajstić information content (AvgIpc) is 2.63. The third-order valence-corrected chi connectivity index (χ3v) is 5.18. The molecule has 2 aliphatic rings. The van der Waals surface area contributed by atoms with Crippen LogP contribution in [-0.4, -0.2) is 44.1 Å². The van der Waals surface area contributed by atoms with Crippen molar-refractivity contribution in [3.8, 4) is 0 Å². The minimum atomic E-state index is -0.115. The standard InChI is InChI=1S/C20H30N2O2/c1-16(21-11-6-17-9-14-24-15-10-17)18-2-4-19(5-3-18)22-12-7-20(23)8-13-22/h2-5,9,16,20-21,23H,6-8,10-15H2,1H3. The van der Waals surface area contributed by atoms with Gasteiger partial charge in [-0.15, -0.1) is 0 Å². The van der Waals surface area contributed by atoms with Crippen LogP contribution in [-0.2, 0) is 4.74 Å². The fraction of sp³-hybridized carbons (Fsp3) is 0.600. The van der Waals surface area contributed by atoms with Gasteiger partial charge in [0.25, 0.3) is 0 Å². The van der Waals surface area contributed by atoms with Crippen molar-refractivity contribution in [2.45, 2.75) is 44.8 Å². The van der Waals surface area contributed by atoms with Crippen LogP contribution in [0.4, 0.5) is 5.69 Å². The van der Waals surface area contributed by atoms with E-state index < -0.39 is 0 Å². The van der Waals surface area contributed by atoms with Crippen LogP contribution >= 0.6 is 0 Å². The van der Waals surface area contributed by atoms with E-state index in [1.807, 2.05) is 0 Å². The Labute approximate surface area is 145 Å². The van der Waals surface area contributed by atoms with Gasteiger partial charge >= 0.3 is 0 Å². The molecule has 2 N–H and O–H groups in total. The summed E-state index contributed by atoms with van der Waals surface area (Å²) in [6.45, 7) is 6.79. The van der Waals surface area contributed by atoms with Gasteiger partial charge in [-0.25, -0.2) is 0 Å². The number of aliphatic hydroxyl groups is 1. The summed E-state index contributed by atoms with van der Waals surface area (Å²) >= 11 is 0. The lowest BCUT2D eigenvalue weighted by molar-refractivity contribution is 0.145. The van der Waals surface area contributed by atoms with Gasteiger partial charge < -0.3 is 20.1 Å². The van der Waals surface area contributed by atoms with Crippen LogP contribution in [0.1, 0.15) is 44.2 Å². The molecule has 3 rings (SSSR count). The fourth-order valence-electron chi connectivity index (χ4n) is 3.46. The topological polar surface area (TPSA) is 44.7 Å². The number of ether oxygens (including phenoxy) is 1.